The predicted molar refractivity (Wildman–Crippen MR) is 128 cm³/mol. The van der Waals surface area contributed by atoms with Crippen molar-refractivity contribution in [1.29, 1.82) is 0 Å². The van der Waals surface area contributed by atoms with Crippen molar-refractivity contribution in [2.75, 3.05) is 26.7 Å². The Morgan fingerprint density at radius 1 is 1.15 bits per heavy atom. The van der Waals surface area contributed by atoms with E-state index in [9.17, 15) is 4.79 Å². The normalized spacial score (nSPS) is 16.1. The molecule has 1 fully saturated rings. The van der Waals surface area contributed by atoms with Gasteiger partial charge in [0, 0.05) is 25.2 Å². The van der Waals surface area contributed by atoms with Gasteiger partial charge in [0.1, 0.15) is 24.2 Å². The summed E-state index contributed by atoms with van der Waals surface area (Å²) in [5.74, 6) is 2.35. The van der Waals surface area contributed by atoms with E-state index in [0.29, 0.717) is 25.6 Å². The third-order valence-electron chi connectivity index (χ3n) is 6.20. The maximum Gasteiger partial charge on any atom is 0.506 e. The molecule has 0 amide bonds. The van der Waals surface area contributed by atoms with Gasteiger partial charge in [0.05, 0.1) is 7.11 Å². The monoisotopic (exact) mass is 451 g/mol. The van der Waals surface area contributed by atoms with Crippen molar-refractivity contribution in [1.82, 2.24) is 4.90 Å². The fraction of sp³-hybridized carbons (Fsp3) is 0.444. The summed E-state index contributed by atoms with van der Waals surface area (Å²) in [6.07, 6.45) is 3.89. The van der Waals surface area contributed by atoms with Crippen LogP contribution in [0.5, 0.6) is 11.5 Å². The standard InChI is InChI=1S/C27H33NO5/c1-18(2)10-19-4-7-23(26(12-19)31-3)17-32-24-9-8-21-11-20(5-6-22(21)13-24)14-28-15-25(16-28)33-27(29)30/h4,7-9,11-13,18,25H,5-6,10,14-17H2,1-3H3,(H,29,30). The van der Waals surface area contributed by atoms with Gasteiger partial charge < -0.3 is 19.3 Å². The van der Waals surface area contributed by atoms with E-state index >= 15 is 0 Å². The quantitative estimate of drug-likeness (QED) is 0.530. The minimum atomic E-state index is -1.19. The smallest absolute Gasteiger partial charge is 0.496 e. The third kappa shape index (κ3) is 6.08. The lowest BCUT2D eigenvalue weighted by Gasteiger charge is -2.38. The Morgan fingerprint density at radius 2 is 1.97 bits per heavy atom. The lowest BCUT2D eigenvalue weighted by atomic mass is 9.91. The van der Waals surface area contributed by atoms with Crippen LogP contribution in [-0.2, 0) is 24.2 Å². The second kappa shape index (κ2) is 10.3. The molecule has 1 aliphatic carbocycles. The number of methoxy groups -OCH3 is 1. The number of likely N-dealkylation sites (tertiary alicyclic amines) is 1. The van der Waals surface area contributed by atoms with Gasteiger partial charge in [0.25, 0.3) is 0 Å². The molecule has 2 aromatic rings. The summed E-state index contributed by atoms with van der Waals surface area (Å²) in [5.41, 5.74) is 6.23. The summed E-state index contributed by atoms with van der Waals surface area (Å²) in [6.45, 7) is 7.12. The van der Waals surface area contributed by atoms with Crippen molar-refractivity contribution >= 4 is 12.2 Å². The van der Waals surface area contributed by atoms with Crippen LogP contribution in [0.2, 0.25) is 0 Å². The molecule has 1 heterocycles. The number of fused-ring (bicyclic) bond motifs is 1. The molecule has 0 radical (unpaired) electrons. The lowest BCUT2D eigenvalue weighted by Crippen LogP contribution is -2.53. The topological polar surface area (TPSA) is 68.2 Å². The predicted octanol–water partition coefficient (Wildman–Crippen LogP) is 5.18. The number of benzene rings is 2. The molecule has 6 nitrogen and oxygen atoms in total. The van der Waals surface area contributed by atoms with Gasteiger partial charge >= 0.3 is 6.16 Å². The van der Waals surface area contributed by atoms with Crippen LogP contribution in [0, 0.1) is 5.92 Å². The Balaban J connectivity index is 1.34. The molecular formula is C27H33NO5. The van der Waals surface area contributed by atoms with Crippen LogP contribution in [0.3, 0.4) is 0 Å². The molecule has 6 heteroatoms. The molecule has 0 atom stereocenters. The minimum Gasteiger partial charge on any atom is -0.496 e. The van der Waals surface area contributed by atoms with Gasteiger partial charge in [-0.15, -0.1) is 0 Å². The average Bonchev–Trinajstić information content (AvgIpc) is 2.75. The Kier molecular flexibility index (Phi) is 7.23. The van der Waals surface area contributed by atoms with Gasteiger partial charge in [-0.25, -0.2) is 4.79 Å². The van der Waals surface area contributed by atoms with E-state index in [1.54, 1.807) is 7.11 Å². The van der Waals surface area contributed by atoms with E-state index in [1.807, 2.05) is 6.07 Å². The van der Waals surface area contributed by atoms with Gasteiger partial charge in [-0.05, 0) is 60.1 Å². The molecule has 0 bridgehead atoms. The number of carbonyl (C=O) groups is 1. The molecule has 1 saturated heterocycles. The zero-order chi connectivity index (χ0) is 23.4. The molecular weight excluding hydrogens is 418 g/mol. The molecule has 0 spiro atoms. The van der Waals surface area contributed by atoms with E-state index in [2.05, 4.69) is 55.2 Å². The fourth-order valence-electron chi connectivity index (χ4n) is 4.56. The van der Waals surface area contributed by atoms with E-state index in [-0.39, 0.29) is 6.10 Å². The van der Waals surface area contributed by atoms with Gasteiger partial charge in [-0.1, -0.05) is 43.7 Å². The molecule has 0 saturated carbocycles. The van der Waals surface area contributed by atoms with E-state index in [4.69, 9.17) is 19.3 Å². The first kappa shape index (κ1) is 23.2. The van der Waals surface area contributed by atoms with Crippen molar-refractivity contribution in [3.05, 3.63) is 64.2 Å². The van der Waals surface area contributed by atoms with Gasteiger partial charge in [0.15, 0.2) is 0 Å². The second-order valence-corrected chi connectivity index (χ2v) is 9.40. The number of ether oxygens (including phenoxy) is 3. The molecule has 33 heavy (non-hydrogen) atoms. The molecule has 1 aliphatic heterocycles. The first-order chi connectivity index (χ1) is 15.9. The second-order valence-electron chi connectivity index (χ2n) is 9.40. The Hall–Kier alpha value is -2.99. The van der Waals surface area contributed by atoms with E-state index < -0.39 is 6.16 Å². The van der Waals surface area contributed by atoms with Crippen LogP contribution in [-0.4, -0.2) is 49.0 Å². The zero-order valence-electron chi connectivity index (χ0n) is 19.7. The Bertz CT molecular complexity index is 1020. The highest BCUT2D eigenvalue weighted by Gasteiger charge is 2.30. The number of rotatable bonds is 9. The zero-order valence-corrected chi connectivity index (χ0v) is 19.7. The summed E-state index contributed by atoms with van der Waals surface area (Å²) in [4.78, 5) is 12.8. The van der Waals surface area contributed by atoms with Crippen LogP contribution in [0.1, 0.15) is 42.5 Å². The van der Waals surface area contributed by atoms with Crippen molar-refractivity contribution in [3.8, 4) is 11.5 Å². The highest BCUT2D eigenvalue weighted by Crippen LogP contribution is 2.30. The maximum absolute atomic E-state index is 10.6. The molecule has 4 rings (SSSR count). The molecule has 2 aromatic carbocycles. The summed E-state index contributed by atoms with van der Waals surface area (Å²) >= 11 is 0. The summed E-state index contributed by atoms with van der Waals surface area (Å²) in [6, 6.07) is 12.7. The first-order valence-corrected chi connectivity index (χ1v) is 11.6. The number of hydrogen-bond acceptors (Lipinski definition) is 5. The molecule has 1 N–H and O–H groups in total. The van der Waals surface area contributed by atoms with Crippen molar-refractivity contribution < 1.29 is 24.1 Å². The average molecular weight is 452 g/mol. The van der Waals surface area contributed by atoms with E-state index in [0.717, 1.165) is 42.9 Å². The Morgan fingerprint density at radius 3 is 2.70 bits per heavy atom. The minimum absolute atomic E-state index is 0.191. The number of nitrogens with zero attached hydrogens (tertiary/aromatic N) is 1. The molecule has 2 aliphatic rings. The lowest BCUT2D eigenvalue weighted by molar-refractivity contribution is -0.0292. The number of carboxylic acid groups (broad SMARTS) is 1. The highest BCUT2D eigenvalue weighted by atomic mass is 16.7. The summed E-state index contributed by atoms with van der Waals surface area (Å²) in [5, 5.41) is 8.69. The number of hydrogen-bond donors (Lipinski definition) is 1. The largest absolute Gasteiger partial charge is 0.506 e. The highest BCUT2D eigenvalue weighted by molar-refractivity contribution is 5.61. The Labute approximate surface area is 195 Å². The van der Waals surface area contributed by atoms with Crippen molar-refractivity contribution in [2.45, 2.75) is 45.8 Å². The number of aryl methyl sites for hydroxylation is 1. The first-order valence-electron chi connectivity index (χ1n) is 11.6. The molecule has 176 valence electrons. The van der Waals surface area contributed by atoms with Crippen molar-refractivity contribution in [2.24, 2.45) is 5.92 Å². The summed E-state index contributed by atoms with van der Waals surface area (Å²) in [7, 11) is 1.71. The van der Waals surface area contributed by atoms with Crippen LogP contribution >= 0.6 is 0 Å². The van der Waals surface area contributed by atoms with Crippen molar-refractivity contribution in [3.63, 3.8) is 0 Å². The van der Waals surface area contributed by atoms with Crippen LogP contribution in [0.4, 0.5) is 4.79 Å². The maximum atomic E-state index is 10.6. The van der Waals surface area contributed by atoms with Crippen LogP contribution in [0.15, 0.2) is 42.0 Å². The van der Waals surface area contributed by atoms with Gasteiger partial charge in [-0.3, -0.25) is 4.90 Å². The third-order valence-corrected chi connectivity index (χ3v) is 6.20. The fourth-order valence-corrected chi connectivity index (χ4v) is 4.56. The van der Waals surface area contributed by atoms with Gasteiger partial charge in [0.2, 0.25) is 0 Å². The van der Waals surface area contributed by atoms with Crippen LogP contribution in [0.25, 0.3) is 6.08 Å². The van der Waals surface area contributed by atoms with E-state index in [1.165, 1.54) is 22.3 Å². The molecule has 0 aromatic heterocycles. The van der Waals surface area contributed by atoms with Gasteiger partial charge in [-0.2, -0.15) is 0 Å². The SMILES string of the molecule is COc1cc(CC(C)C)ccc1COc1ccc2c(c1)CCC(CN1CC(OC(=O)O)C1)=C2. The summed E-state index contributed by atoms with van der Waals surface area (Å²) < 4.78 is 16.5. The molecule has 0 unspecified atom stereocenters. The van der Waals surface area contributed by atoms with Crippen LogP contribution < -0.4 is 9.47 Å².